The maximum atomic E-state index is 13.1. The van der Waals surface area contributed by atoms with E-state index < -0.39 is 10.0 Å². The van der Waals surface area contributed by atoms with E-state index >= 15 is 0 Å². The molecule has 6 nitrogen and oxygen atoms in total. The first-order chi connectivity index (χ1) is 14.4. The second-order valence-corrected chi connectivity index (χ2v) is 10.3. The van der Waals surface area contributed by atoms with Crippen LogP contribution in [0.4, 0.5) is 10.1 Å². The maximum absolute atomic E-state index is 13.1. The molecular weight excluding hydrogens is 425 g/mol. The van der Waals surface area contributed by atoms with E-state index in [0.29, 0.717) is 31.7 Å². The van der Waals surface area contributed by atoms with E-state index in [1.165, 1.54) is 16.4 Å². The number of thioether (sulfide) groups is 1. The van der Waals surface area contributed by atoms with Crippen LogP contribution in [0, 0.1) is 5.82 Å². The first kappa shape index (κ1) is 22.6. The molecule has 0 bridgehead atoms. The fourth-order valence-corrected chi connectivity index (χ4v) is 5.47. The third kappa shape index (κ3) is 5.74. The fourth-order valence-electron chi connectivity index (χ4n) is 3.33. The molecule has 0 spiro atoms. The van der Waals surface area contributed by atoms with Crippen molar-refractivity contribution in [2.75, 3.05) is 49.1 Å². The Morgan fingerprint density at radius 3 is 2.40 bits per heavy atom. The number of sulfonamides is 1. The van der Waals surface area contributed by atoms with Gasteiger partial charge in [-0.2, -0.15) is 4.31 Å². The molecule has 30 heavy (non-hydrogen) atoms. The molecule has 0 unspecified atom stereocenters. The molecule has 0 atom stereocenters. The molecule has 1 fully saturated rings. The highest BCUT2D eigenvalue weighted by molar-refractivity contribution is 7.99. The maximum Gasteiger partial charge on any atom is 0.252 e. The average molecular weight is 452 g/mol. The molecule has 2 aromatic carbocycles. The van der Waals surface area contributed by atoms with E-state index in [4.69, 9.17) is 0 Å². The fraction of sp³-hybridized carbons (Fsp3) is 0.381. The second-order valence-electron chi connectivity index (χ2n) is 6.86. The molecule has 1 amide bonds. The summed E-state index contributed by atoms with van der Waals surface area (Å²) in [5, 5.41) is 2.73. The zero-order valence-electron chi connectivity index (χ0n) is 16.9. The van der Waals surface area contributed by atoms with Crippen LogP contribution in [0.25, 0.3) is 0 Å². The Kier molecular flexibility index (Phi) is 7.74. The number of nitrogens with zero attached hydrogens (tertiary/aromatic N) is 2. The highest BCUT2D eigenvalue weighted by Crippen LogP contribution is 2.22. The van der Waals surface area contributed by atoms with E-state index in [1.807, 2.05) is 24.0 Å². The Hall–Kier alpha value is -2.10. The lowest BCUT2D eigenvalue weighted by atomic mass is 10.2. The van der Waals surface area contributed by atoms with E-state index in [-0.39, 0.29) is 24.0 Å². The van der Waals surface area contributed by atoms with Crippen molar-refractivity contribution in [3.8, 4) is 0 Å². The number of anilines is 1. The predicted octanol–water partition coefficient (Wildman–Crippen LogP) is 2.82. The van der Waals surface area contributed by atoms with Crippen LogP contribution >= 0.6 is 11.8 Å². The number of nitrogens with one attached hydrogen (secondary N) is 1. The lowest BCUT2D eigenvalue weighted by molar-refractivity contribution is 0.0953. The van der Waals surface area contributed by atoms with Crippen LogP contribution in [0.2, 0.25) is 0 Å². The standard InChI is InChI=1S/C21H26FN3O3S2/c1-2-29-20-6-4-3-5-19(20)21(26)23-11-16-30(27,28)25-14-12-24(13-15-25)18-9-7-17(22)8-10-18/h3-10H,2,11-16H2,1H3,(H,23,26). The summed E-state index contributed by atoms with van der Waals surface area (Å²) in [6, 6.07) is 13.5. The second kappa shape index (κ2) is 10.3. The van der Waals surface area contributed by atoms with Gasteiger partial charge < -0.3 is 10.2 Å². The average Bonchev–Trinajstić information content (AvgIpc) is 2.75. The molecular formula is C21H26FN3O3S2. The Labute approximate surface area is 181 Å². The smallest absolute Gasteiger partial charge is 0.252 e. The van der Waals surface area contributed by atoms with Crippen molar-refractivity contribution >= 4 is 33.4 Å². The number of benzene rings is 2. The summed E-state index contributed by atoms with van der Waals surface area (Å²) in [4.78, 5) is 15.4. The summed E-state index contributed by atoms with van der Waals surface area (Å²) in [6.07, 6.45) is 0. The summed E-state index contributed by atoms with van der Waals surface area (Å²) in [5.41, 5.74) is 1.44. The molecule has 3 rings (SSSR count). The van der Waals surface area contributed by atoms with Crippen molar-refractivity contribution < 1.29 is 17.6 Å². The van der Waals surface area contributed by atoms with Gasteiger partial charge in [0.05, 0.1) is 11.3 Å². The van der Waals surface area contributed by atoms with Gasteiger partial charge in [-0.25, -0.2) is 12.8 Å². The number of halogens is 1. The van der Waals surface area contributed by atoms with Gasteiger partial charge in [0.25, 0.3) is 5.91 Å². The van der Waals surface area contributed by atoms with Crippen LogP contribution in [-0.2, 0) is 10.0 Å². The monoisotopic (exact) mass is 451 g/mol. The molecule has 9 heteroatoms. The molecule has 0 saturated carbocycles. The van der Waals surface area contributed by atoms with Gasteiger partial charge in [-0.1, -0.05) is 19.1 Å². The number of piperazine rings is 1. The zero-order valence-corrected chi connectivity index (χ0v) is 18.5. The molecule has 1 N–H and O–H groups in total. The van der Waals surface area contributed by atoms with Crippen molar-refractivity contribution in [2.24, 2.45) is 0 Å². The molecule has 1 heterocycles. The van der Waals surface area contributed by atoms with Crippen LogP contribution in [0.3, 0.4) is 0 Å². The molecule has 1 aliphatic heterocycles. The van der Waals surface area contributed by atoms with Gasteiger partial charge >= 0.3 is 0 Å². The van der Waals surface area contributed by atoms with Crippen molar-refractivity contribution in [3.05, 3.63) is 59.9 Å². The number of hydrogen-bond donors (Lipinski definition) is 1. The van der Waals surface area contributed by atoms with E-state index in [1.54, 1.807) is 36.0 Å². The van der Waals surface area contributed by atoms with Gasteiger partial charge in [0.15, 0.2) is 0 Å². The van der Waals surface area contributed by atoms with Gasteiger partial charge in [-0.15, -0.1) is 11.8 Å². The van der Waals surface area contributed by atoms with Crippen molar-refractivity contribution in [2.45, 2.75) is 11.8 Å². The van der Waals surface area contributed by atoms with Gasteiger partial charge in [0.1, 0.15) is 5.82 Å². The van der Waals surface area contributed by atoms with Gasteiger partial charge in [0.2, 0.25) is 10.0 Å². The normalized spacial score (nSPS) is 15.2. The number of carbonyl (C=O) groups excluding carboxylic acids is 1. The summed E-state index contributed by atoms with van der Waals surface area (Å²) >= 11 is 1.58. The molecule has 0 aromatic heterocycles. The van der Waals surface area contributed by atoms with Crippen molar-refractivity contribution in [1.29, 1.82) is 0 Å². The van der Waals surface area contributed by atoms with Gasteiger partial charge in [-0.05, 0) is 42.2 Å². The summed E-state index contributed by atoms with van der Waals surface area (Å²) in [7, 11) is -3.47. The van der Waals surface area contributed by atoms with Crippen LogP contribution < -0.4 is 10.2 Å². The Morgan fingerprint density at radius 1 is 1.07 bits per heavy atom. The third-order valence-electron chi connectivity index (χ3n) is 4.90. The zero-order chi connectivity index (χ0) is 21.6. The van der Waals surface area contributed by atoms with Crippen LogP contribution in [-0.4, -0.2) is 62.9 Å². The quantitative estimate of drug-likeness (QED) is 0.625. The number of hydrogen-bond acceptors (Lipinski definition) is 5. The number of rotatable bonds is 8. The predicted molar refractivity (Wildman–Crippen MR) is 119 cm³/mol. The van der Waals surface area contributed by atoms with E-state index in [9.17, 15) is 17.6 Å². The number of amides is 1. The van der Waals surface area contributed by atoms with Gasteiger partial charge in [0, 0.05) is 43.3 Å². The highest BCUT2D eigenvalue weighted by atomic mass is 32.2. The summed E-state index contributed by atoms with van der Waals surface area (Å²) < 4.78 is 39.9. The van der Waals surface area contributed by atoms with Crippen molar-refractivity contribution in [3.63, 3.8) is 0 Å². The Balaban J connectivity index is 1.50. The van der Waals surface area contributed by atoms with E-state index in [0.717, 1.165) is 16.3 Å². The lowest BCUT2D eigenvalue weighted by Crippen LogP contribution is -2.50. The van der Waals surface area contributed by atoms with Crippen LogP contribution in [0.1, 0.15) is 17.3 Å². The summed E-state index contributed by atoms with van der Waals surface area (Å²) in [5.74, 6) is 0.154. The highest BCUT2D eigenvalue weighted by Gasteiger charge is 2.27. The Bertz CT molecular complexity index is 960. The lowest BCUT2D eigenvalue weighted by Gasteiger charge is -2.35. The minimum atomic E-state index is -3.47. The first-order valence-electron chi connectivity index (χ1n) is 9.89. The first-order valence-corrected chi connectivity index (χ1v) is 12.5. The number of carbonyl (C=O) groups is 1. The van der Waals surface area contributed by atoms with Crippen LogP contribution in [0.5, 0.6) is 0 Å². The molecule has 162 valence electrons. The molecule has 0 radical (unpaired) electrons. The van der Waals surface area contributed by atoms with Crippen LogP contribution in [0.15, 0.2) is 53.4 Å². The van der Waals surface area contributed by atoms with Gasteiger partial charge in [-0.3, -0.25) is 4.79 Å². The molecule has 2 aromatic rings. The summed E-state index contributed by atoms with van der Waals surface area (Å²) in [6.45, 7) is 3.89. The van der Waals surface area contributed by atoms with E-state index in [2.05, 4.69) is 5.32 Å². The molecule has 1 aliphatic rings. The largest absolute Gasteiger partial charge is 0.369 e. The molecule has 1 saturated heterocycles. The topological polar surface area (TPSA) is 69.7 Å². The minimum Gasteiger partial charge on any atom is -0.369 e. The molecule has 0 aliphatic carbocycles. The SMILES string of the molecule is CCSc1ccccc1C(=O)NCCS(=O)(=O)N1CCN(c2ccc(F)cc2)CC1. The van der Waals surface area contributed by atoms with Crippen molar-refractivity contribution in [1.82, 2.24) is 9.62 Å². The third-order valence-corrected chi connectivity index (χ3v) is 7.73. The Morgan fingerprint density at radius 2 is 1.73 bits per heavy atom. The minimum absolute atomic E-state index is 0.0600.